The lowest BCUT2D eigenvalue weighted by atomic mass is 9.83. The highest BCUT2D eigenvalue weighted by Crippen LogP contribution is 2.49. The molecular weight excluding hydrogens is 743 g/mol. The minimum atomic E-state index is 0.632. The van der Waals surface area contributed by atoms with Gasteiger partial charge in [-0.1, -0.05) is 206 Å². The number of hydrogen-bond acceptors (Lipinski definition) is 4. The zero-order valence-electron chi connectivity index (χ0n) is 33.1. The van der Waals surface area contributed by atoms with Gasteiger partial charge in [0, 0.05) is 55.3 Å². The molecule has 0 radical (unpaired) electrons. The number of nitrogens with zero attached hydrogens (tertiary/aromatic N) is 3. The average molecular weight is 780 g/mol. The summed E-state index contributed by atoms with van der Waals surface area (Å²) in [6.45, 7) is 0. The molecule has 4 heteroatoms. The molecule has 3 heterocycles. The summed E-state index contributed by atoms with van der Waals surface area (Å²) in [5.74, 6) is 0.632. The zero-order valence-corrected chi connectivity index (χ0v) is 33.1. The minimum absolute atomic E-state index is 0.632. The number of hydrogen-bond donors (Lipinski definition) is 0. The molecule has 0 bridgehead atoms. The van der Waals surface area contributed by atoms with Gasteiger partial charge in [-0.25, -0.2) is 15.0 Å². The summed E-state index contributed by atoms with van der Waals surface area (Å²) in [6.07, 6.45) is 0. The predicted molar refractivity (Wildman–Crippen MR) is 251 cm³/mol. The van der Waals surface area contributed by atoms with Gasteiger partial charge in [0.05, 0.1) is 22.8 Å². The van der Waals surface area contributed by atoms with Crippen LogP contribution in [0.1, 0.15) is 0 Å². The Balaban J connectivity index is 1.15. The van der Waals surface area contributed by atoms with Crippen molar-refractivity contribution in [2.45, 2.75) is 0 Å². The standard InChI is InChI=1S/C57H37N3O/c1-6-19-38(20-7-1)48-37-49(47-31-18-30-46-45-29-16-17-32-50(45)61-56(46)47)59-57(58-48)44-35-33-41(34-36-44)51-52(39-21-8-2-9-22-39)54(42-25-12-4-13-26-42)60-55(43-27-14-5-15-28-43)53(51)40-23-10-3-11-24-40/h1-37H. The monoisotopic (exact) mass is 779 g/mol. The van der Waals surface area contributed by atoms with Crippen molar-refractivity contribution in [3.05, 3.63) is 224 Å². The van der Waals surface area contributed by atoms with Crippen LogP contribution in [0.5, 0.6) is 0 Å². The van der Waals surface area contributed by atoms with E-state index in [0.29, 0.717) is 5.82 Å². The van der Waals surface area contributed by atoms with Gasteiger partial charge in [0.25, 0.3) is 0 Å². The number of benzene rings is 8. The van der Waals surface area contributed by atoms with Crippen molar-refractivity contribution in [3.63, 3.8) is 0 Å². The molecule has 4 nitrogen and oxygen atoms in total. The number of furan rings is 1. The summed E-state index contributed by atoms with van der Waals surface area (Å²) in [5.41, 5.74) is 16.6. The number of pyridine rings is 1. The molecule has 11 rings (SSSR count). The fourth-order valence-corrected chi connectivity index (χ4v) is 8.46. The number of para-hydroxylation sites is 2. The number of fused-ring (bicyclic) bond motifs is 3. The summed E-state index contributed by atoms with van der Waals surface area (Å²) >= 11 is 0. The highest BCUT2D eigenvalue weighted by Gasteiger charge is 2.25. The highest BCUT2D eigenvalue weighted by atomic mass is 16.3. The molecule has 8 aromatic carbocycles. The molecule has 0 aliphatic carbocycles. The van der Waals surface area contributed by atoms with Crippen LogP contribution in [0.3, 0.4) is 0 Å². The van der Waals surface area contributed by atoms with Crippen molar-refractivity contribution in [2.75, 3.05) is 0 Å². The van der Waals surface area contributed by atoms with Gasteiger partial charge in [-0.2, -0.15) is 0 Å². The van der Waals surface area contributed by atoms with Crippen LogP contribution in [0.15, 0.2) is 229 Å². The van der Waals surface area contributed by atoms with Gasteiger partial charge in [0.15, 0.2) is 5.82 Å². The Bertz CT molecular complexity index is 3210. The quantitative estimate of drug-likeness (QED) is 0.154. The smallest absolute Gasteiger partial charge is 0.160 e. The first-order valence-corrected chi connectivity index (χ1v) is 20.5. The lowest BCUT2D eigenvalue weighted by Crippen LogP contribution is -2.01. The van der Waals surface area contributed by atoms with Crippen LogP contribution in [0, 0.1) is 0 Å². The van der Waals surface area contributed by atoms with Crippen LogP contribution in [0.4, 0.5) is 0 Å². The Hall–Kier alpha value is -8.21. The normalized spacial score (nSPS) is 11.3. The molecule has 0 spiro atoms. The molecule has 0 N–H and O–H groups in total. The summed E-state index contributed by atoms with van der Waals surface area (Å²) in [7, 11) is 0. The maximum atomic E-state index is 6.51. The van der Waals surface area contributed by atoms with E-state index in [0.717, 1.165) is 106 Å². The van der Waals surface area contributed by atoms with Gasteiger partial charge in [-0.15, -0.1) is 0 Å². The maximum Gasteiger partial charge on any atom is 0.160 e. The molecule has 0 saturated carbocycles. The van der Waals surface area contributed by atoms with Crippen molar-refractivity contribution in [1.29, 1.82) is 0 Å². The van der Waals surface area contributed by atoms with Crippen molar-refractivity contribution in [1.82, 2.24) is 15.0 Å². The average Bonchev–Trinajstić information content (AvgIpc) is 3.74. The third kappa shape index (κ3) is 6.67. The van der Waals surface area contributed by atoms with E-state index in [1.807, 2.05) is 36.4 Å². The molecule has 11 aromatic rings. The van der Waals surface area contributed by atoms with E-state index in [2.05, 4.69) is 188 Å². The van der Waals surface area contributed by atoms with Crippen molar-refractivity contribution in [2.24, 2.45) is 0 Å². The maximum absolute atomic E-state index is 6.51. The summed E-state index contributed by atoms with van der Waals surface area (Å²) in [4.78, 5) is 16.1. The lowest BCUT2D eigenvalue weighted by molar-refractivity contribution is 0.670. The van der Waals surface area contributed by atoms with Gasteiger partial charge in [-0.3, -0.25) is 0 Å². The molecule has 0 atom stereocenters. The van der Waals surface area contributed by atoms with Crippen molar-refractivity contribution < 1.29 is 4.42 Å². The highest BCUT2D eigenvalue weighted by molar-refractivity contribution is 6.09. The van der Waals surface area contributed by atoms with Crippen LogP contribution in [0.2, 0.25) is 0 Å². The second-order valence-corrected chi connectivity index (χ2v) is 15.1. The number of aromatic nitrogens is 3. The molecule has 0 saturated heterocycles. The molecule has 3 aromatic heterocycles. The molecule has 0 aliphatic rings. The Morgan fingerprint density at radius 1 is 0.295 bits per heavy atom. The second kappa shape index (κ2) is 15.5. The lowest BCUT2D eigenvalue weighted by Gasteiger charge is -2.23. The van der Waals surface area contributed by atoms with E-state index in [1.165, 1.54) is 0 Å². The Labute approximate surface area is 354 Å². The molecule has 0 unspecified atom stereocenters. The molecule has 0 fully saturated rings. The topological polar surface area (TPSA) is 51.8 Å². The minimum Gasteiger partial charge on any atom is -0.455 e. The van der Waals surface area contributed by atoms with E-state index in [9.17, 15) is 0 Å². The molecule has 0 aliphatic heterocycles. The van der Waals surface area contributed by atoms with E-state index in [4.69, 9.17) is 19.4 Å². The van der Waals surface area contributed by atoms with Crippen molar-refractivity contribution in [3.8, 4) is 89.8 Å². The van der Waals surface area contributed by atoms with Gasteiger partial charge in [-0.05, 0) is 34.9 Å². The van der Waals surface area contributed by atoms with Crippen LogP contribution in [-0.2, 0) is 0 Å². The van der Waals surface area contributed by atoms with Crippen molar-refractivity contribution >= 4 is 21.9 Å². The van der Waals surface area contributed by atoms with Gasteiger partial charge in [0.2, 0.25) is 0 Å². The third-order valence-electron chi connectivity index (χ3n) is 11.3. The number of rotatable bonds is 8. The molecular formula is C57H37N3O. The van der Waals surface area contributed by atoms with Crippen LogP contribution in [-0.4, -0.2) is 15.0 Å². The van der Waals surface area contributed by atoms with Gasteiger partial charge < -0.3 is 4.42 Å². The van der Waals surface area contributed by atoms with E-state index < -0.39 is 0 Å². The SMILES string of the molecule is c1ccc(-c2cc(-c3cccc4c3oc3ccccc34)nc(-c3ccc(-c4c(-c5ccccc5)c(-c5ccccc5)nc(-c5ccccc5)c4-c4ccccc4)cc3)n2)cc1. The Morgan fingerprint density at radius 3 is 1.31 bits per heavy atom. The first-order chi connectivity index (χ1) is 30.3. The fraction of sp³-hybridized carbons (Fsp3) is 0. The van der Waals surface area contributed by atoms with Gasteiger partial charge in [0.1, 0.15) is 11.2 Å². The molecule has 61 heavy (non-hydrogen) atoms. The molecule has 0 amide bonds. The van der Waals surface area contributed by atoms with E-state index in [1.54, 1.807) is 0 Å². The van der Waals surface area contributed by atoms with E-state index >= 15 is 0 Å². The van der Waals surface area contributed by atoms with Crippen LogP contribution in [0.25, 0.3) is 112 Å². The summed E-state index contributed by atoms with van der Waals surface area (Å²) in [6, 6.07) is 77.9. The summed E-state index contributed by atoms with van der Waals surface area (Å²) < 4.78 is 6.51. The first-order valence-electron chi connectivity index (χ1n) is 20.5. The largest absolute Gasteiger partial charge is 0.455 e. The van der Waals surface area contributed by atoms with E-state index in [-0.39, 0.29) is 0 Å². The molecule has 286 valence electrons. The van der Waals surface area contributed by atoms with Gasteiger partial charge >= 0.3 is 0 Å². The fourth-order valence-electron chi connectivity index (χ4n) is 8.46. The first kappa shape index (κ1) is 35.9. The third-order valence-corrected chi connectivity index (χ3v) is 11.3. The predicted octanol–water partition coefficient (Wildman–Crippen LogP) is 15.1. The Morgan fingerprint density at radius 2 is 0.738 bits per heavy atom. The second-order valence-electron chi connectivity index (χ2n) is 15.1. The Kier molecular flexibility index (Phi) is 9.14. The summed E-state index contributed by atoms with van der Waals surface area (Å²) in [5, 5.41) is 2.14. The van der Waals surface area contributed by atoms with Crippen LogP contribution >= 0.6 is 0 Å². The zero-order chi connectivity index (χ0) is 40.5. The van der Waals surface area contributed by atoms with Crippen LogP contribution < -0.4 is 0 Å².